The van der Waals surface area contributed by atoms with Crippen LogP contribution in [-0.2, 0) is 5.41 Å². The Morgan fingerprint density at radius 1 is 0.482 bits per heavy atom. The Morgan fingerprint density at radius 2 is 0.964 bits per heavy atom. The standard InChI is InChI=1S/C53H43N3/c1-30-20-32(3)49(33(4)21-30)36-16-18-42-43-19-17-37(50-34(5)22-31(2)23-35(50)6)25-48(43)56(47(42)24-36)40-26-44-41-14-9-10-15-46(41)53(7,8)52(44)45(27-40)51-38(28-54)12-11-13-39(51)29-55/h9-27H,1-8H3. The zero-order valence-corrected chi connectivity index (χ0v) is 33.3. The molecule has 0 saturated heterocycles. The molecule has 0 saturated carbocycles. The van der Waals surface area contributed by atoms with Gasteiger partial charge in [-0.3, -0.25) is 0 Å². The topological polar surface area (TPSA) is 52.5 Å². The van der Waals surface area contributed by atoms with Crippen molar-refractivity contribution in [3.8, 4) is 62.3 Å². The first kappa shape index (κ1) is 35.0. The molecule has 0 bridgehead atoms. The summed E-state index contributed by atoms with van der Waals surface area (Å²) in [6.45, 7) is 17.7. The van der Waals surface area contributed by atoms with Gasteiger partial charge >= 0.3 is 0 Å². The predicted molar refractivity (Wildman–Crippen MR) is 233 cm³/mol. The van der Waals surface area contributed by atoms with Gasteiger partial charge in [-0.15, -0.1) is 0 Å². The molecular weight excluding hydrogens is 679 g/mol. The first-order valence-electron chi connectivity index (χ1n) is 19.4. The van der Waals surface area contributed by atoms with Gasteiger partial charge in [0.2, 0.25) is 0 Å². The van der Waals surface area contributed by atoms with Crippen LogP contribution in [-0.4, -0.2) is 4.57 Å². The number of hydrogen-bond donors (Lipinski definition) is 0. The van der Waals surface area contributed by atoms with Crippen molar-refractivity contribution < 1.29 is 0 Å². The van der Waals surface area contributed by atoms with Crippen molar-refractivity contribution in [2.45, 2.75) is 60.8 Å². The maximum atomic E-state index is 10.5. The molecule has 270 valence electrons. The number of rotatable bonds is 4. The summed E-state index contributed by atoms with van der Waals surface area (Å²) in [6, 6.07) is 46.5. The third-order valence-electron chi connectivity index (χ3n) is 12.2. The number of benzene rings is 7. The van der Waals surface area contributed by atoms with E-state index in [1.54, 1.807) is 0 Å². The molecule has 0 N–H and O–H groups in total. The monoisotopic (exact) mass is 721 g/mol. The molecule has 0 amide bonds. The summed E-state index contributed by atoms with van der Waals surface area (Å²) in [7, 11) is 0. The first-order chi connectivity index (χ1) is 26.9. The maximum Gasteiger partial charge on any atom is 0.0998 e. The SMILES string of the molecule is Cc1cc(C)c(-c2ccc3c4ccc(-c5c(C)cc(C)cc5C)cc4n(-c4cc5c(c(-c6c(C#N)cccc6C#N)c4)C(C)(C)c4ccccc4-5)c3c2)c(C)c1. The van der Waals surface area contributed by atoms with E-state index in [9.17, 15) is 10.5 Å². The van der Waals surface area contributed by atoms with Crippen LogP contribution in [0.1, 0.15) is 69.5 Å². The van der Waals surface area contributed by atoms with Crippen molar-refractivity contribution in [3.05, 3.63) is 171 Å². The molecule has 7 aromatic carbocycles. The third-order valence-corrected chi connectivity index (χ3v) is 12.2. The van der Waals surface area contributed by atoms with E-state index in [0.717, 1.165) is 33.4 Å². The van der Waals surface area contributed by atoms with Gasteiger partial charge in [0.15, 0.2) is 0 Å². The lowest BCUT2D eigenvalue weighted by atomic mass is 9.77. The molecule has 3 heteroatoms. The molecule has 56 heavy (non-hydrogen) atoms. The van der Waals surface area contributed by atoms with Crippen molar-refractivity contribution in [2.75, 3.05) is 0 Å². The second-order valence-corrected chi connectivity index (χ2v) is 16.4. The second kappa shape index (κ2) is 12.7. The molecule has 1 aliphatic rings. The summed E-state index contributed by atoms with van der Waals surface area (Å²) < 4.78 is 2.42. The first-order valence-corrected chi connectivity index (χ1v) is 19.4. The van der Waals surface area contributed by atoms with Gasteiger partial charge in [0.25, 0.3) is 0 Å². The number of nitrogens with zero attached hydrogens (tertiary/aromatic N) is 3. The fourth-order valence-corrected chi connectivity index (χ4v) is 10.1. The number of nitriles is 2. The summed E-state index contributed by atoms with van der Waals surface area (Å²) in [4.78, 5) is 0. The highest BCUT2D eigenvalue weighted by atomic mass is 15.0. The van der Waals surface area contributed by atoms with Crippen LogP contribution in [0.5, 0.6) is 0 Å². The van der Waals surface area contributed by atoms with Gasteiger partial charge in [0.05, 0.1) is 34.3 Å². The van der Waals surface area contributed by atoms with Crippen molar-refractivity contribution in [2.24, 2.45) is 0 Å². The molecular formula is C53H43N3. The smallest absolute Gasteiger partial charge is 0.0998 e. The van der Waals surface area contributed by atoms with Gasteiger partial charge < -0.3 is 4.57 Å². The fraction of sp³-hybridized carbons (Fsp3) is 0.170. The quantitative estimate of drug-likeness (QED) is 0.182. The van der Waals surface area contributed by atoms with Crippen molar-refractivity contribution in [1.82, 2.24) is 4.57 Å². The van der Waals surface area contributed by atoms with Crippen molar-refractivity contribution in [1.29, 1.82) is 10.5 Å². The van der Waals surface area contributed by atoms with Crippen LogP contribution >= 0.6 is 0 Å². The highest BCUT2D eigenvalue weighted by Crippen LogP contribution is 2.54. The zero-order chi connectivity index (χ0) is 39.2. The van der Waals surface area contributed by atoms with Gasteiger partial charge in [0, 0.05) is 27.4 Å². The molecule has 9 rings (SSSR count). The summed E-state index contributed by atoms with van der Waals surface area (Å²) in [5, 5.41) is 23.4. The molecule has 0 aliphatic heterocycles. The minimum absolute atomic E-state index is 0.364. The fourth-order valence-electron chi connectivity index (χ4n) is 10.1. The van der Waals surface area contributed by atoms with Crippen LogP contribution in [0.2, 0.25) is 0 Å². The second-order valence-electron chi connectivity index (χ2n) is 16.4. The molecule has 0 fully saturated rings. The van der Waals surface area contributed by atoms with Gasteiger partial charge in [-0.2, -0.15) is 10.5 Å². The molecule has 0 unspecified atom stereocenters. The lowest BCUT2D eigenvalue weighted by molar-refractivity contribution is 0.662. The lowest BCUT2D eigenvalue weighted by Crippen LogP contribution is -2.17. The summed E-state index contributed by atoms with van der Waals surface area (Å²) in [5.41, 5.74) is 22.6. The number of aryl methyl sites for hydroxylation is 6. The Bertz CT molecular complexity index is 2890. The normalized spacial score (nSPS) is 12.8. The predicted octanol–water partition coefficient (Wildman–Crippen LogP) is 13.7. The van der Waals surface area contributed by atoms with Crippen LogP contribution in [0.15, 0.2) is 115 Å². The zero-order valence-electron chi connectivity index (χ0n) is 33.3. The minimum Gasteiger partial charge on any atom is -0.309 e. The van der Waals surface area contributed by atoms with Crippen LogP contribution in [0.3, 0.4) is 0 Å². The summed E-state index contributed by atoms with van der Waals surface area (Å²) >= 11 is 0. The third kappa shape index (κ3) is 5.16. The molecule has 0 radical (unpaired) electrons. The van der Waals surface area contributed by atoms with Gasteiger partial charge in [-0.05, 0) is 150 Å². The van der Waals surface area contributed by atoms with E-state index < -0.39 is 0 Å². The van der Waals surface area contributed by atoms with E-state index in [2.05, 4.69) is 169 Å². The molecule has 8 aromatic rings. The van der Waals surface area contributed by atoms with Gasteiger partial charge in [-0.1, -0.05) is 104 Å². The van der Waals surface area contributed by atoms with E-state index in [4.69, 9.17) is 0 Å². The van der Waals surface area contributed by atoms with Crippen molar-refractivity contribution >= 4 is 21.8 Å². The van der Waals surface area contributed by atoms with E-state index in [0.29, 0.717) is 16.7 Å². The molecule has 1 heterocycles. The van der Waals surface area contributed by atoms with Crippen LogP contribution in [0.4, 0.5) is 0 Å². The Morgan fingerprint density at radius 3 is 1.46 bits per heavy atom. The number of hydrogen-bond acceptors (Lipinski definition) is 2. The van der Waals surface area contributed by atoms with Crippen molar-refractivity contribution in [3.63, 3.8) is 0 Å². The van der Waals surface area contributed by atoms with E-state index in [1.807, 2.05) is 18.2 Å². The molecule has 1 aromatic heterocycles. The van der Waals surface area contributed by atoms with Crippen LogP contribution < -0.4 is 0 Å². The van der Waals surface area contributed by atoms with Crippen LogP contribution in [0.25, 0.3) is 72.0 Å². The molecule has 3 nitrogen and oxygen atoms in total. The molecule has 0 spiro atoms. The van der Waals surface area contributed by atoms with E-state index in [1.165, 1.54) is 77.5 Å². The number of fused-ring (bicyclic) bond motifs is 6. The van der Waals surface area contributed by atoms with Gasteiger partial charge in [0.1, 0.15) is 0 Å². The Balaban J connectivity index is 1.45. The lowest BCUT2D eigenvalue weighted by Gasteiger charge is -2.26. The average molecular weight is 722 g/mol. The minimum atomic E-state index is -0.364. The average Bonchev–Trinajstić information content (AvgIpc) is 3.61. The Hall–Kier alpha value is -6.68. The molecule has 0 atom stereocenters. The number of aromatic nitrogens is 1. The highest BCUT2D eigenvalue weighted by Gasteiger charge is 2.39. The summed E-state index contributed by atoms with van der Waals surface area (Å²) in [5.74, 6) is 0. The Labute approximate surface area is 329 Å². The van der Waals surface area contributed by atoms with E-state index in [-0.39, 0.29) is 5.41 Å². The largest absolute Gasteiger partial charge is 0.309 e. The van der Waals surface area contributed by atoms with E-state index >= 15 is 0 Å². The molecule has 1 aliphatic carbocycles. The summed E-state index contributed by atoms with van der Waals surface area (Å²) in [6.07, 6.45) is 0. The highest BCUT2D eigenvalue weighted by molar-refractivity contribution is 6.12. The van der Waals surface area contributed by atoms with Crippen LogP contribution in [0, 0.1) is 64.2 Å². The maximum absolute atomic E-state index is 10.5. The van der Waals surface area contributed by atoms with Gasteiger partial charge in [-0.25, -0.2) is 0 Å². The Kier molecular flexibility index (Phi) is 7.95.